The van der Waals surface area contributed by atoms with Gasteiger partial charge in [-0.15, -0.1) is 11.3 Å². The highest BCUT2D eigenvalue weighted by Gasteiger charge is 2.22. The molecular weight excluding hydrogens is 290 g/mol. The Balaban J connectivity index is 1.54. The van der Waals surface area contributed by atoms with E-state index >= 15 is 0 Å². The number of hydrogen-bond donors (Lipinski definition) is 1. The highest BCUT2D eigenvalue weighted by atomic mass is 32.1. The summed E-state index contributed by atoms with van der Waals surface area (Å²) in [7, 11) is 0. The second-order valence-corrected chi connectivity index (χ2v) is 6.63. The Kier molecular flexibility index (Phi) is 3.79. The monoisotopic (exact) mass is 309 g/mol. The molecule has 4 heteroatoms. The van der Waals surface area contributed by atoms with E-state index in [-0.39, 0.29) is 0 Å². The van der Waals surface area contributed by atoms with Gasteiger partial charge in [-0.05, 0) is 35.9 Å². The molecule has 1 unspecified atom stereocenters. The Morgan fingerprint density at radius 2 is 2.09 bits per heavy atom. The predicted molar refractivity (Wildman–Crippen MR) is 91.0 cm³/mol. The van der Waals surface area contributed by atoms with Crippen LogP contribution in [0.15, 0.2) is 53.9 Å². The highest BCUT2D eigenvalue weighted by molar-refractivity contribution is 7.13. The molecule has 1 N–H and O–H groups in total. The smallest absolute Gasteiger partial charge is 0.103 e. The van der Waals surface area contributed by atoms with Crippen LogP contribution in [0.3, 0.4) is 0 Å². The maximum absolute atomic E-state index is 4.79. The van der Waals surface area contributed by atoms with E-state index in [1.807, 2.05) is 0 Å². The molecule has 4 rings (SSSR count). The number of aromatic nitrogens is 2. The molecule has 112 valence electrons. The van der Waals surface area contributed by atoms with Gasteiger partial charge >= 0.3 is 0 Å². The lowest BCUT2D eigenvalue weighted by Crippen LogP contribution is -2.33. The summed E-state index contributed by atoms with van der Waals surface area (Å²) >= 11 is 1.75. The van der Waals surface area contributed by atoms with E-state index in [0.29, 0.717) is 6.04 Å². The van der Waals surface area contributed by atoms with E-state index in [1.165, 1.54) is 16.1 Å². The molecule has 1 atom stereocenters. The Hall–Kier alpha value is -1.91. The van der Waals surface area contributed by atoms with Gasteiger partial charge in [-0.3, -0.25) is 4.68 Å². The van der Waals surface area contributed by atoms with Crippen molar-refractivity contribution in [2.24, 2.45) is 0 Å². The standard InChI is InChI=1S/C18H19N3S/c1-2-5-14(6-3-1)8-9-15-17-13-16(18-7-4-12-22-18)20-21(17)11-10-19-15/h1-7,12-13,15,19H,8-11H2. The van der Waals surface area contributed by atoms with Gasteiger partial charge in [0.15, 0.2) is 0 Å². The molecule has 0 fully saturated rings. The van der Waals surface area contributed by atoms with Crippen LogP contribution >= 0.6 is 11.3 Å². The van der Waals surface area contributed by atoms with Crippen molar-refractivity contribution in [3.8, 4) is 10.6 Å². The van der Waals surface area contributed by atoms with Gasteiger partial charge in [0.2, 0.25) is 0 Å². The van der Waals surface area contributed by atoms with Gasteiger partial charge in [0.05, 0.1) is 17.1 Å². The summed E-state index contributed by atoms with van der Waals surface area (Å²) in [5, 5.41) is 10.5. The van der Waals surface area contributed by atoms with E-state index in [2.05, 4.69) is 63.9 Å². The molecule has 3 heterocycles. The number of aryl methyl sites for hydroxylation is 1. The summed E-state index contributed by atoms with van der Waals surface area (Å²) in [5.41, 5.74) is 3.84. The topological polar surface area (TPSA) is 29.9 Å². The van der Waals surface area contributed by atoms with Gasteiger partial charge in [0, 0.05) is 12.6 Å². The van der Waals surface area contributed by atoms with Crippen LogP contribution in [-0.2, 0) is 13.0 Å². The van der Waals surface area contributed by atoms with Gasteiger partial charge < -0.3 is 5.32 Å². The molecule has 1 aromatic carbocycles. The molecule has 1 aliphatic rings. The molecule has 3 nitrogen and oxygen atoms in total. The molecule has 0 saturated heterocycles. The number of nitrogens with one attached hydrogen (secondary N) is 1. The first-order valence-corrected chi connectivity index (χ1v) is 8.67. The fraction of sp³-hybridized carbons (Fsp3) is 0.278. The average molecular weight is 309 g/mol. The second-order valence-electron chi connectivity index (χ2n) is 5.69. The second kappa shape index (κ2) is 6.07. The molecule has 2 aromatic heterocycles. The average Bonchev–Trinajstić information content (AvgIpc) is 3.22. The van der Waals surface area contributed by atoms with E-state index in [0.717, 1.165) is 31.6 Å². The van der Waals surface area contributed by atoms with E-state index in [9.17, 15) is 0 Å². The summed E-state index contributed by atoms with van der Waals surface area (Å²) in [6, 6.07) is 17.6. The van der Waals surface area contributed by atoms with Gasteiger partial charge in [-0.25, -0.2) is 0 Å². The first-order chi connectivity index (χ1) is 10.9. The van der Waals surface area contributed by atoms with Crippen molar-refractivity contribution in [1.29, 1.82) is 0 Å². The third-order valence-electron chi connectivity index (χ3n) is 4.22. The lowest BCUT2D eigenvalue weighted by atomic mass is 10.0. The van der Waals surface area contributed by atoms with Gasteiger partial charge in [0.1, 0.15) is 5.69 Å². The van der Waals surface area contributed by atoms with Crippen LogP contribution in [0, 0.1) is 0 Å². The Labute approximate surface area is 134 Å². The molecule has 0 radical (unpaired) electrons. The number of benzene rings is 1. The summed E-state index contributed by atoms with van der Waals surface area (Å²) in [6.07, 6.45) is 2.21. The fourth-order valence-electron chi connectivity index (χ4n) is 3.09. The van der Waals surface area contributed by atoms with Crippen molar-refractivity contribution in [1.82, 2.24) is 15.1 Å². The Morgan fingerprint density at radius 1 is 1.18 bits per heavy atom. The first-order valence-electron chi connectivity index (χ1n) is 7.79. The van der Waals surface area contributed by atoms with Crippen molar-refractivity contribution in [2.45, 2.75) is 25.4 Å². The summed E-state index contributed by atoms with van der Waals surface area (Å²) in [5.74, 6) is 0. The maximum atomic E-state index is 4.79. The van der Waals surface area contributed by atoms with Crippen LogP contribution in [0.5, 0.6) is 0 Å². The molecule has 0 amide bonds. The SMILES string of the molecule is c1ccc(CCC2NCCn3nc(-c4cccs4)cc32)cc1. The minimum absolute atomic E-state index is 0.398. The van der Waals surface area contributed by atoms with Crippen molar-refractivity contribution < 1.29 is 0 Å². The largest absolute Gasteiger partial charge is 0.307 e. The summed E-state index contributed by atoms with van der Waals surface area (Å²) in [4.78, 5) is 1.25. The Bertz CT molecular complexity index is 731. The number of rotatable bonds is 4. The Morgan fingerprint density at radius 3 is 2.91 bits per heavy atom. The number of nitrogens with zero attached hydrogens (tertiary/aromatic N) is 2. The van der Waals surface area contributed by atoms with E-state index in [1.54, 1.807) is 11.3 Å². The van der Waals surface area contributed by atoms with Crippen molar-refractivity contribution in [2.75, 3.05) is 6.54 Å². The minimum atomic E-state index is 0.398. The zero-order valence-electron chi connectivity index (χ0n) is 12.4. The van der Waals surface area contributed by atoms with E-state index in [4.69, 9.17) is 5.10 Å². The number of hydrogen-bond acceptors (Lipinski definition) is 3. The predicted octanol–water partition coefficient (Wildman–Crippen LogP) is 3.89. The molecule has 1 aliphatic heterocycles. The molecule has 22 heavy (non-hydrogen) atoms. The van der Waals surface area contributed by atoms with Crippen LogP contribution in [0.2, 0.25) is 0 Å². The van der Waals surface area contributed by atoms with Crippen LogP contribution in [-0.4, -0.2) is 16.3 Å². The highest BCUT2D eigenvalue weighted by Crippen LogP contribution is 2.29. The number of thiophene rings is 1. The van der Waals surface area contributed by atoms with Crippen LogP contribution in [0.25, 0.3) is 10.6 Å². The third kappa shape index (κ3) is 2.72. The summed E-state index contributed by atoms with van der Waals surface area (Å²) < 4.78 is 2.18. The molecule has 3 aromatic rings. The molecular formula is C18H19N3S. The molecule has 0 spiro atoms. The van der Waals surface area contributed by atoms with Gasteiger partial charge in [-0.2, -0.15) is 5.10 Å². The third-order valence-corrected chi connectivity index (χ3v) is 5.11. The van der Waals surface area contributed by atoms with Crippen molar-refractivity contribution in [3.63, 3.8) is 0 Å². The molecule has 0 aliphatic carbocycles. The first kappa shape index (κ1) is 13.7. The zero-order chi connectivity index (χ0) is 14.8. The van der Waals surface area contributed by atoms with Crippen LogP contribution in [0.4, 0.5) is 0 Å². The van der Waals surface area contributed by atoms with Crippen LogP contribution < -0.4 is 5.32 Å². The maximum Gasteiger partial charge on any atom is 0.103 e. The number of fused-ring (bicyclic) bond motifs is 1. The quantitative estimate of drug-likeness (QED) is 0.792. The summed E-state index contributed by atoms with van der Waals surface area (Å²) in [6.45, 7) is 1.96. The normalized spacial score (nSPS) is 17.4. The van der Waals surface area contributed by atoms with Crippen molar-refractivity contribution in [3.05, 3.63) is 65.2 Å². The molecule has 0 bridgehead atoms. The van der Waals surface area contributed by atoms with Crippen LogP contribution in [0.1, 0.15) is 23.7 Å². The minimum Gasteiger partial charge on any atom is -0.307 e. The molecule has 0 saturated carbocycles. The van der Waals surface area contributed by atoms with E-state index < -0.39 is 0 Å². The lowest BCUT2D eigenvalue weighted by Gasteiger charge is -2.25. The van der Waals surface area contributed by atoms with Crippen molar-refractivity contribution >= 4 is 11.3 Å². The lowest BCUT2D eigenvalue weighted by molar-refractivity contribution is 0.385. The van der Waals surface area contributed by atoms with Gasteiger partial charge in [-0.1, -0.05) is 36.4 Å². The zero-order valence-corrected chi connectivity index (χ0v) is 13.2. The fourth-order valence-corrected chi connectivity index (χ4v) is 3.77. The van der Waals surface area contributed by atoms with Gasteiger partial charge in [0.25, 0.3) is 0 Å².